The number of halogens is 2. The first-order valence-corrected chi connectivity index (χ1v) is 7.41. The van der Waals surface area contributed by atoms with Crippen LogP contribution in [0.15, 0.2) is 40.9 Å². The standard InChI is InChI=1S/C16H17BrClN/c1-10-3-4-12(7-11(10)2)8-16(19)13-5-6-14(17)15(18)9-13/h3-7,9,16H,8,19H2,1-2H3. The number of benzene rings is 2. The second kappa shape index (κ2) is 6.08. The van der Waals surface area contributed by atoms with Gasteiger partial charge in [-0.1, -0.05) is 35.9 Å². The van der Waals surface area contributed by atoms with Crippen molar-refractivity contribution in [1.29, 1.82) is 0 Å². The van der Waals surface area contributed by atoms with Crippen LogP contribution in [0.3, 0.4) is 0 Å². The first kappa shape index (κ1) is 14.6. The second-order valence-corrected chi connectivity index (χ2v) is 6.16. The van der Waals surface area contributed by atoms with Crippen molar-refractivity contribution >= 4 is 27.5 Å². The van der Waals surface area contributed by atoms with Crippen molar-refractivity contribution in [2.45, 2.75) is 26.3 Å². The highest BCUT2D eigenvalue weighted by Crippen LogP contribution is 2.26. The molecule has 1 atom stereocenters. The maximum absolute atomic E-state index is 6.26. The van der Waals surface area contributed by atoms with Crippen molar-refractivity contribution < 1.29 is 0 Å². The minimum Gasteiger partial charge on any atom is -0.324 e. The summed E-state index contributed by atoms with van der Waals surface area (Å²) in [5, 5.41) is 0.702. The molecule has 2 aromatic carbocycles. The molecule has 0 aliphatic carbocycles. The lowest BCUT2D eigenvalue weighted by atomic mass is 9.97. The minimum atomic E-state index is -0.0345. The maximum atomic E-state index is 6.26. The van der Waals surface area contributed by atoms with E-state index in [0.717, 1.165) is 16.5 Å². The Morgan fingerprint density at radius 1 is 1.11 bits per heavy atom. The van der Waals surface area contributed by atoms with Crippen LogP contribution in [0.1, 0.15) is 28.3 Å². The molecule has 0 aliphatic heterocycles. The molecule has 19 heavy (non-hydrogen) atoms. The van der Waals surface area contributed by atoms with Crippen molar-refractivity contribution in [2.24, 2.45) is 5.73 Å². The Kier molecular flexibility index (Phi) is 4.67. The van der Waals surface area contributed by atoms with Gasteiger partial charge in [0.25, 0.3) is 0 Å². The Labute approximate surface area is 127 Å². The molecule has 2 N–H and O–H groups in total. The highest BCUT2D eigenvalue weighted by Gasteiger charge is 2.09. The van der Waals surface area contributed by atoms with Crippen LogP contribution in [0, 0.1) is 13.8 Å². The summed E-state index contributed by atoms with van der Waals surface area (Å²) < 4.78 is 0.899. The van der Waals surface area contributed by atoms with Gasteiger partial charge in [0.1, 0.15) is 0 Å². The first-order valence-electron chi connectivity index (χ1n) is 6.24. The van der Waals surface area contributed by atoms with E-state index in [1.807, 2.05) is 18.2 Å². The third kappa shape index (κ3) is 3.59. The number of rotatable bonds is 3. The Morgan fingerprint density at radius 2 is 1.84 bits per heavy atom. The van der Waals surface area contributed by atoms with Crippen LogP contribution in [0.5, 0.6) is 0 Å². The smallest absolute Gasteiger partial charge is 0.0551 e. The number of hydrogen-bond donors (Lipinski definition) is 1. The summed E-state index contributed by atoms with van der Waals surface area (Å²) in [6, 6.07) is 12.3. The Hall–Kier alpha value is -0.830. The zero-order valence-electron chi connectivity index (χ0n) is 11.1. The van der Waals surface area contributed by atoms with Crippen LogP contribution >= 0.6 is 27.5 Å². The molecule has 0 aromatic heterocycles. The first-order chi connectivity index (χ1) is 8.97. The van der Waals surface area contributed by atoms with Crippen LogP contribution in [-0.4, -0.2) is 0 Å². The summed E-state index contributed by atoms with van der Waals surface area (Å²) in [6.07, 6.45) is 0.819. The average Bonchev–Trinajstić information content (AvgIpc) is 2.37. The van der Waals surface area contributed by atoms with Crippen molar-refractivity contribution in [3.05, 3.63) is 68.1 Å². The average molecular weight is 339 g/mol. The molecule has 1 nitrogen and oxygen atoms in total. The third-order valence-electron chi connectivity index (χ3n) is 3.40. The van der Waals surface area contributed by atoms with E-state index in [9.17, 15) is 0 Å². The predicted octanol–water partition coefficient (Wildman–Crippen LogP) is 4.96. The zero-order valence-corrected chi connectivity index (χ0v) is 13.4. The van der Waals surface area contributed by atoms with Gasteiger partial charge in [-0.15, -0.1) is 0 Å². The van der Waals surface area contributed by atoms with E-state index in [1.54, 1.807) is 0 Å². The molecule has 1 unspecified atom stereocenters. The molecule has 0 amide bonds. The van der Waals surface area contributed by atoms with Gasteiger partial charge in [-0.2, -0.15) is 0 Å². The van der Waals surface area contributed by atoms with E-state index in [4.69, 9.17) is 17.3 Å². The summed E-state index contributed by atoms with van der Waals surface area (Å²) in [6.45, 7) is 4.24. The fraction of sp³-hybridized carbons (Fsp3) is 0.250. The molecule has 0 heterocycles. The van der Waals surface area contributed by atoms with Gasteiger partial charge >= 0.3 is 0 Å². The molecule has 0 bridgehead atoms. The topological polar surface area (TPSA) is 26.0 Å². The number of hydrogen-bond acceptors (Lipinski definition) is 1. The molecule has 0 saturated heterocycles. The van der Waals surface area contributed by atoms with Gasteiger partial charge < -0.3 is 5.73 Å². The molecule has 0 radical (unpaired) electrons. The fourth-order valence-electron chi connectivity index (χ4n) is 2.05. The van der Waals surface area contributed by atoms with Crippen molar-refractivity contribution in [2.75, 3.05) is 0 Å². The Balaban J connectivity index is 2.17. The lowest BCUT2D eigenvalue weighted by molar-refractivity contribution is 0.721. The number of aryl methyl sites for hydroxylation is 2. The molecular weight excluding hydrogens is 322 g/mol. The van der Waals surface area contributed by atoms with Crippen molar-refractivity contribution in [3.63, 3.8) is 0 Å². The summed E-state index contributed by atoms with van der Waals surface area (Å²) >= 11 is 9.49. The molecule has 2 rings (SSSR count). The molecular formula is C16H17BrClN. The molecule has 0 saturated carbocycles. The summed E-state index contributed by atoms with van der Waals surface area (Å²) in [5.41, 5.74) is 11.2. The van der Waals surface area contributed by atoms with Gasteiger partial charge in [0.05, 0.1) is 5.02 Å². The largest absolute Gasteiger partial charge is 0.324 e. The van der Waals surface area contributed by atoms with Crippen LogP contribution in [0.4, 0.5) is 0 Å². The van der Waals surface area contributed by atoms with Crippen LogP contribution < -0.4 is 5.73 Å². The zero-order chi connectivity index (χ0) is 14.0. The van der Waals surface area contributed by atoms with Crippen LogP contribution in [-0.2, 0) is 6.42 Å². The van der Waals surface area contributed by atoms with Crippen molar-refractivity contribution in [1.82, 2.24) is 0 Å². The van der Waals surface area contributed by atoms with E-state index in [2.05, 4.69) is 48.0 Å². The lowest BCUT2D eigenvalue weighted by Crippen LogP contribution is -2.13. The summed E-state index contributed by atoms with van der Waals surface area (Å²) in [7, 11) is 0. The highest BCUT2D eigenvalue weighted by atomic mass is 79.9. The monoisotopic (exact) mass is 337 g/mol. The molecule has 2 aromatic rings. The molecule has 0 spiro atoms. The van der Waals surface area contributed by atoms with E-state index in [-0.39, 0.29) is 6.04 Å². The van der Waals surface area contributed by atoms with Gasteiger partial charge in [-0.25, -0.2) is 0 Å². The third-order valence-corrected chi connectivity index (χ3v) is 4.63. The van der Waals surface area contributed by atoms with E-state index >= 15 is 0 Å². The van der Waals surface area contributed by atoms with E-state index in [1.165, 1.54) is 16.7 Å². The highest BCUT2D eigenvalue weighted by molar-refractivity contribution is 9.10. The lowest BCUT2D eigenvalue weighted by Gasteiger charge is -2.14. The maximum Gasteiger partial charge on any atom is 0.0551 e. The van der Waals surface area contributed by atoms with Gasteiger partial charge in [-0.05, 0) is 70.6 Å². The van der Waals surface area contributed by atoms with E-state index in [0.29, 0.717) is 5.02 Å². The molecule has 0 aliphatic rings. The fourth-order valence-corrected chi connectivity index (χ4v) is 2.48. The van der Waals surface area contributed by atoms with Crippen LogP contribution in [0.2, 0.25) is 5.02 Å². The van der Waals surface area contributed by atoms with Crippen LogP contribution in [0.25, 0.3) is 0 Å². The molecule has 3 heteroatoms. The van der Waals surface area contributed by atoms with Gasteiger partial charge in [-0.3, -0.25) is 0 Å². The van der Waals surface area contributed by atoms with Crippen molar-refractivity contribution in [3.8, 4) is 0 Å². The van der Waals surface area contributed by atoms with E-state index < -0.39 is 0 Å². The van der Waals surface area contributed by atoms with Gasteiger partial charge in [0.15, 0.2) is 0 Å². The second-order valence-electron chi connectivity index (χ2n) is 4.90. The molecule has 100 valence electrons. The minimum absolute atomic E-state index is 0.0345. The predicted molar refractivity (Wildman–Crippen MR) is 85.7 cm³/mol. The van der Waals surface area contributed by atoms with Gasteiger partial charge in [0.2, 0.25) is 0 Å². The normalized spacial score (nSPS) is 12.5. The Bertz CT molecular complexity index is 595. The summed E-state index contributed by atoms with van der Waals surface area (Å²) in [5.74, 6) is 0. The quantitative estimate of drug-likeness (QED) is 0.841. The number of nitrogens with two attached hydrogens (primary N) is 1. The Morgan fingerprint density at radius 3 is 2.47 bits per heavy atom. The molecule has 0 fully saturated rings. The SMILES string of the molecule is Cc1ccc(CC(N)c2ccc(Br)c(Cl)c2)cc1C. The van der Waals surface area contributed by atoms with Gasteiger partial charge in [0, 0.05) is 10.5 Å². The summed E-state index contributed by atoms with van der Waals surface area (Å²) in [4.78, 5) is 0.